The molecule has 4 aromatic carbocycles. The minimum atomic E-state index is -0.0644. The molecule has 3 atom stereocenters. The Hall–Kier alpha value is -4.90. The Kier molecular flexibility index (Phi) is 6.07. The van der Waals surface area contributed by atoms with E-state index in [-0.39, 0.29) is 18.5 Å². The fourth-order valence-corrected chi connectivity index (χ4v) is 7.34. The molecular formula is C38H33N3O2. The molecule has 0 saturated heterocycles. The second-order valence-corrected chi connectivity index (χ2v) is 12.2. The Morgan fingerprint density at radius 3 is 1.77 bits per heavy atom. The second-order valence-electron chi connectivity index (χ2n) is 12.2. The van der Waals surface area contributed by atoms with Crippen LogP contribution in [0.25, 0.3) is 55.2 Å². The van der Waals surface area contributed by atoms with Gasteiger partial charge in [-0.3, -0.25) is 13.9 Å². The zero-order valence-corrected chi connectivity index (χ0v) is 24.4. The predicted octanol–water partition coefficient (Wildman–Crippen LogP) is 9.00. The maximum atomic E-state index is 12.9. The Labute approximate surface area is 250 Å². The van der Waals surface area contributed by atoms with Crippen molar-refractivity contribution in [3.63, 3.8) is 0 Å². The number of esters is 1. The van der Waals surface area contributed by atoms with Crippen LogP contribution in [-0.4, -0.2) is 20.1 Å². The van der Waals surface area contributed by atoms with E-state index in [4.69, 9.17) is 9.72 Å². The van der Waals surface area contributed by atoms with Gasteiger partial charge in [0, 0.05) is 21.5 Å². The van der Waals surface area contributed by atoms with Gasteiger partial charge in [-0.25, -0.2) is 4.98 Å². The SMILES string of the molecule is CC1CC(C)C(C(=O)OCc2ccc3c(c2)c2ccccc2n3-c2cccc(-n3c4ccccc4c4ccccc43)n2)C1. The fraction of sp³-hybridized carbons (Fsp3) is 0.211. The molecule has 43 heavy (non-hydrogen) atoms. The molecule has 1 aliphatic carbocycles. The van der Waals surface area contributed by atoms with E-state index < -0.39 is 0 Å². The van der Waals surface area contributed by atoms with Gasteiger partial charge in [0.15, 0.2) is 0 Å². The molecule has 8 rings (SSSR count). The molecule has 3 aromatic heterocycles. The van der Waals surface area contributed by atoms with Crippen molar-refractivity contribution in [3.05, 3.63) is 115 Å². The maximum absolute atomic E-state index is 12.9. The van der Waals surface area contributed by atoms with Crippen LogP contribution in [0, 0.1) is 17.8 Å². The smallest absolute Gasteiger partial charge is 0.309 e. The normalized spacial score (nSPS) is 18.7. The Morgan fingerprint density at radius 2 is 1.21 bits per heavy atom. The van der Waals surface area contributed by atoms with Crippen LogP contribution in [0.2, 0.25) is 0 Å². The van der Waals surface area contributed by atoms with E-state index in [1.165, 1.54) is 10.8 Å². The summed E-state index contributed by atoms with van der Waals surface area (Å²) in [6, 6.07) is 38.1. The molecule has 1 saturated carbocycles. The summed E-state index contributed by atoms with van der Waals surface area (Å²) in [6.45, 7) is 4.68. The third-order valence-electron chi connectivity index (χ3n) is 9.30. The molecule has 5 nitrogen and oxygen atoms in total. The molecule has 5 heteroatoms. The van der Waals surface area contributed by atoms with Crippen LogP contribution in [0.15, 0.2) is 109 Å². The van der Waals surface area contributed by atoms with Crippen molar-refractivity contribution < 1.29 is 9.53 Å². The molecule has 0 aliphatic heterocycles. The molecule has 1 fully saturated rings. The summed E-state index contributed by atoms with van der Waals surface area (Å²) < 4.78 is 10.3. The molecule has 0 amide bonds. The van der Waals surface area contributed by atoms with Crippen molar-refractivity contribution in [2.24, 2.45) is 17.8 Å². The predicted molar refractivity (Wildman–Crippen MR) is 174 cm³/mol. The van der Waals surface area contributed by atoms with Crippen molar-refractivity contribution >= 4 is 49.6 Å². The van der Waals surface area contributed by atoms with Crippen LogP contribution in [0.1, 0.15) is 32.3 Å². The first-order valence-electron chi connectivity index (χ1n) is 15.2. The monoisotopic (exact) mass is 563 g/mol. The van der Waals surface area contributed by atoms with Crippen LogP contribution in [-0.2, 0) is 16.1 Å². The van der Waals surface area contributed by atoms with Gasteiger partial charge < -0.3 is 4.74 Å². The van der Waals surface area contributed by atoms with Gasteiger partial charge in [-0.1, -0.05) is 80.6 Å². The lowest BCUT2D eigenvalue weighted by Crippen LogP contribution is -2.19. The molecule has 0 radical (unpaired) electrons. The highest BCUT2D eigenvalue weighted by Crippen LogP contribution is 2.37. The Morgan fingerprint density at radius 1 is 0.674 bits per heavy atom. The van der Waals surface area contributed by atoms with Crippen molar-refractivity contribution in [1.29, 1.82) is 0 Å². The zero-order valence-electron chi connectivity index (χ0n) is 24.4. The fourth-order valence-electron chi connectivity index (χ4n) is 7.34. The molecule has 3 heterocycles. The third-order valence-corrected chi connectivity index (χ3v) is 9.30. The third kappa shape index (κ3) is 4.22. The number of pyridine rings is 1. The van der Waals surface area contributed by atoms with E-state index in [9.17, 15) is 4.79 Å². The van der Waals surface area contributed by atoms with Gasteiger partial charge in [0.25, 0.3) is 0 Å². The summed E-state index contributed by atoms with van der Waals surface area (Å²) in [5.41, 5.74) is 5.43. The minimum Gasteiger partial charge on any atom is -0.461 e. The van der Waals surface area contributed by atoms with Gasteiger partial charge in [0.1, 0.15) is 18.2 Å². The van der Waals surface area contributed by atoms with E-state index >= 15 is 0 Å². The van der Waals surface area contributed by atoms with E-state index in [1.807, 2.05) is 0 Å². The van der Waals surface area contributed by atoms with Crippen LogP contribution < -0.4 is 0 Å². The van der Waals surface area contributed by atoms with Crippen LogP contribution in [0.4, 0.5) is 0 Å². The summed E-state index contributed by atoms with van der Waals surface area (Å²) in [6.07, 6.45) is 2.02. The summed E-state index contributed by atoms with van der Waals surface area (Å²) in [5, 5.41) is 4.70. The van der Waals surface area contributed by atoms with Gasteiger partial charge in [-0.05, 0) is 72.7 Å². The summed E-state index contributed by atoms with van der Waals surface area (Å²) in [4.78, 5) is 18.2. The van der Waals surface area contributed by atoms with Crippen molar-refractivity contribution in [2.45, 2.75) is 33.3 Å². The molecular weight excluding hydrogens is 530 g/mol. The zero-order chi connectivity index (χ0) is 29.1. The summed E-state index contributed by atoms with van der Waals surface area (Å²) in [5.74, 6) is 2.64. The number of ether oxygens (including phenoxy) is 1. The quantitative estimate of drug-likeness (QED) is 0.196. The van der Waals surface area contributed by atoms with E-state index in [1.54, 1.807) is 0 Å². The first-order chi connectivity index (χ1) is 21.1. The molecule has 0 spiro atoms. The lowest BCUT2D eigenvalue weighted by molar-refractivity contribution is -0.151. The topological polar surface area (TPSA) is 49.0 Å². The number of hydrogen-bond acceptors (Lipinski definition) is 3. The summed E-state index contributed by atoms with van der Waals surface area (Å²) >= 11 is 0. The molecule has 0 bridgehead atoms. The van der Waals surface area contributed by atoms with Crippen LogP contribution in [0.3, 0.4) is 0 Å². The maximum Gasteiger partial charge on any atom is 0.309 e. The first-order valence-corrected chi connectivity index (χ1v) is 15.2. The molecule has 7 aromatic rings. The number of carbonyl (C=O) groups is 1. The highest BCUT2D eigenvalue weighted by atomic mass is 16.5. The highest BCUT2D eigenvalue weighted by molar-refractivity contribution is 6.10. The molecule has 0 N–H and O–H groups in total. The standard InChI is InChI=1S/C38H33N3O2/c1-24-20-25(2)30(21-24)38(42)43-23-26-18-19-35-31(22-26)29-12-5-8-15-34(29)41(35)37-17-9-16-36(39-37)40-32-13-6-3-10-27(32)28-11-4-7-14-33(28)40/h3-19,22,24-25,30H,20-21,23H2,1-2H3. The van der Waals surface area contributed by atoms with Gasteiger partial charge >= 0.3 is 5.97 Å². The number of aromatic nitrogens is 3. The Bertz CT molecular complexity index is 2120. The lowest BCUT2D eigenvalue weighted by Gasteiger charge is -2.14. The molecule has 3 unspecified atom stereocenters. The molecule has 212 valence electrons. The molecule has 1 aliphatic rings. The number of nitrogens with zero attached hydrogens (tertiary/aromatic N) is 3. The van der Waals surface area contributed by atoms with Crippen LogP contribution >= 0.6 is 0 Å². The second kappa shape index (κ2) is 10.1. The number of rotatable bonds is 5. The van der Waals surface area contributed by atoms with E-state index in [2.05, 4.69) is 132 Å². The van der Waals surface area contributed by atoms with Crippen LogP contribution in [0.5, 0.6) is 0 Å². The van der Waals surface area contributed by atoms with E-state index in [0.29, 0.717) is 11.8 Å². The first kappa shape index (κ1) is 25.8. The average Bonchev–Trinajstić information content (AvgIpc) is 3.68. The van der Waals surface area contributed by atoms with Gasteiger partial charge in [-0.2, -0.15) is 0 Å². The number of benzene rings is 4. The van der Waals surface area contributed by atoms with Gasteiger partial charge in [0.2, 0.25) is 0 Å². The van der Waals surface area contributed by atoms with Crippen molar-refractivity contribution in [3.8, 4) is 11.6 Å². The van der Waals surface area contributed by atoms with Crippen molar-refractivity contribution in [2.75, 3.05) is 0 Å². The Balaban J connectivity index is 1.21. The number of para-hydroxylation sites is 3. The minimum absolute atomic E-state index is 0.00790. The lowest BCUT2D eigenvalue weighted by atomic mass is 9.98. The van der Waals surface area contributed by atoms with Gasteiger partial charge in [-0.15, -0.1) is 0 Å². The highest BCUT2D eigenvalue weighted by Gasteiger charge is 2.35. The number of fused-ring (bicyclic) bond motifs is 6. The number of hydrogen-bond donors (Lipinski definition) is 0. The van der Waals surface area contributed by atoms with Gasteiger partial charge in [0.05, 0.1) is 28.0 Å². The van der Waals surface area contributed by atoms with Crippen molar-refractivity contribution in [1.82, 2.24) is 14.1 Å². The average molecular weight is 564 g/mol. The van der Waals surface area contributed by atoms with E-state index in [0.717, 1.165) is 62.9 Å². The number of carbonyl (C=O) groups excluding carboxylic acids is 1. The summed E-state index contributed by atoms with van der Waals surface area (Å²) in [7, 11) is 0. The largest absolute Gasteiger partial charge is 0.461 e.